The molecule has 1 nitrogen and oxygen atoms in total. The van der Waals surface area contributed by atoms with Crippen LogP contribution in [0.2, 0.25) is 0 Å². The Balaban J connectivity index is 2.02. The van der Waals surface area contributed by atoms with Gasteiger partial charge in [-0.2, -0.15) is 0 Å². The zero-order chi connectivity index (χ0) is 13.2. The first-order valence-corrected chi connectivity index (χ1v) is 7.32. The van der Waals surface area contributed by atoms with Gasteiger partial charge < -0.3 is 5.73 Å². The summed E-state index contributed by atoms with van der Waals surface area (Å²) in [5.74, 6) is 1.25. The van der Waals surface area contributed by atoms with Crippen molar-refractivity contribution in [3.63, 3.8) is 0 Å². The third-order valence-electron chi connectivity index (χ3n) is 4.67. The molecule has 18 heavy (non-hydrogen) atoms. The lowest BCUT2D eigenvalue weighted by molar-refractivity contribution is 0.224. The summed E-state index contributed by atoms with van der Waals surface area (Å²) in [5.41, 5.74) is 9.17. The molecule has 2 N–H and O–H groups in total. The van der Waals surface area contributed by atoms with Gasteiger partial charge in [-0.1, -0.05) is 45.0 Å². The molecule has 1 fully saturated rings. The van der Waals surface area contributed by atoms with Crippen LogP contribution in [0.1, 0.15) is 69.4 Å². The number of hydrogen-bond acceptors (Lipinski definition) is 1. The van der Waals surface area contributed by atoms with Crippen molar-refractivity contribution >= 4 is 0 Å². The molecule has 0 bridgehead atoms. The predicted molar refractivity (Wildman–Crippen MR) is 78.9 cm³/mol. The van der Waals surface area contributed by atoms with Gasteiger partial charge in [0, 0.05) is 0 Å². The van der Waals surface area contributed by atoms with Crippen LogP contribution < -0.4 is 5.73 Å². The average Bonchev–Trinajstić information content (AvgIpc) is 2.38. The maximum atomic E-state index is 5.71. The average molecular weight is 245 g/mol. The van der Waals surface area contributed by atoms with Crippen LogP contribution in [-0.2, 0) is 0 Å². The van der Waals surface area contributed by atoms with Gasteiger partial charge in [-0.3, -0.25) is 0 Å². The Kier molecular flexibility index (Phi) is 4.11. The zero-order valence-corrected chi connectivity index (χ0v) is 12.1. The summed E-state index contributed by atoms with van der Waals surface area (Å²) in [5, 5.41) is 0. The van der Waals surface area contributed by atoms with Crippen LogP contribution in [0.3, 0.4) is 0 Å². The molecule has 0 aromatic heterocycles. The van der Waals surface area contributed by atoms with E-state index in [2.05, 4.69) is 45.0 Å². The van der Waals surface area contributed by atoms with Crippen LogP contribution in [0.15, 0.2) is 24.3 Å². The third kappa shape index (κ3) is 3.14. The van der Waals surface area contributed by atoms with E-state index in [9.17, 15) is 0 Å². The first-order valence-electron chi connectivity index (χ1n) is 7.32. The van der Waals surface area contributed by atoms with Crippen molar-refractivity contribution in [2.24, 2.45) is 11.1 Å². The first-order chi connectivity index (χ1) is 8.52. The monoisotopic (exact) mass is 245 g/mol. The third-order valence-corrected chi connectivity index (χ3v) is 4.67. The minimum Gasteiger partial charge on any atom is -0.330 e. The molecule has 1 unspecified atom stereocenters. The SMILES string of the molecule is CC(CN)c1ccc(C2CCC(C)(C)CC2)cc1. The molecular weight excluding hydrogens is 218 g/mol. The summed E-state index contributed by atoms with van der Waals surface area (Å²) in [7, 11) is 0. The second-order valence-electron chi connectivity index (χ2n) is 6.74. The number of rotatable bonds is 3. The zero-order valence-electron chi connectivity index (χ0n) is 12.1. The van der Waals surface area contributed by atoms with Crippen molar-refractivity contribution < 1.29 is 0 Å². The summed E-state index contributed by atoms with van der Waals surface area (Å²) in [6.45, 7) is 7.72. The second-order valence-corrected chi connectivity index (χ2v) is 6.74. The van der Waals surface area contributed by atoms with Crippen LogP contribution in [0.25, 0.3) is 0 Å². The fraction of sp³-hybridized carbons (Fsp3) is 0.647. The molecule has 1 aliphatic carbocycles. The van der Waals surface area contributed by atoms with Gasteiger partial charge >= 0.3 is 0 Å². The molecule has 1 atom stereocenters. The van der Waals surface area contributed by atoms with E-state index in [-0.39, 0.29) is 0 Å². The molecule has 1 aliphatic rings. The lowest BCUT2D eigenvalue weighted by Crippen LogP contribution is -2.20. The summed E-state index contributed by atoms with van der Waals surface area (Å²) < 4.78 is 0. The highest BCUT2D eigenvalue weighted by Crippen LogP contribution is 2.42. The number of nitrogens with two attached hydrogens (primary N) is 1. The molecule has 1 aromatic rings. The Labute approximate surface area is 112 Å². The standard InChI is InChI=1S/C17H27N/c1-13(12-18)14-4-6-15(7-5-14)16-8-10-17(2,3)11-9-16/h4-7,13,16H,8-12,18H2,1-3H3. The topological polar surface area (TPSA) is 26.0 Å². The number of benzene rings is 1. The minimum atomic E-state index is 0.476. The van der Waals surface area contributed by atoms with Crippen LogP contribution in [0.5, 0.6) is 0 Å². The molecule has 0 radical (unpaired) electrons. The van der Waals surface area contributed by atoms with Gasteiger partial charge in [-0.05, 0) is 60.6 Å². The Morgan fingerprint density at radius 1 is 1.17 bits per heavy atom. The fourth-order valence-electron chi connectivity index (χ4n) is 2.97. The lowest BCUT2D eigenvalue weighted by Gasteiger charge is -2.34. The number of hydrogen-bond donors (Lipinski definition) is 1. The quantitative estimate of drug-likeness (QED) is 0.837. The molecule has 100 valence electrons. The Morgan fingerprint density at radius 2 is 1.72 bits per heavy atom. The lowest BCUT2D eigenvalue weighted by atomic mass is 9.71. The molecule has 1 aromatic carbocycles. The first kappa shape index (κ1) is 13.6. The van der Waals surface area contributed by atoms with Crippen molar-refractivity contribution in [2.75, 3.05) is 6.54 Å². The summed E-state index contributed by atoms with van der Waals surface area (Å²) in [6, 6.07) is 9.19. The van der Waals surface area contributed by atoms with Gasteiger partial charge in [0.25, 0.3) is 0 Å². The molecule has 0 aliphatic heterocycles. The van der Waals surface area contributed by atoms with Gasteiger partial charge in [0.1, 0.15) is 0 Å². The summed E-state index contributed by atoms with van der Waals surface area (Å²) >= 11 is 0. The molecule has 0 amide bonds. The Morgan fingerprint density at radius 3 is 2.22 bits per heavy atom. The predicted octanol–water partition coefficient (Wildman–Crippen LogP) is 4.43. The molecular formula is C17H27N. The van der Waals surface area contributed by atoms with Crippen LogP contribution in [0, 0.1) is 5.41 Å². The molecule has 1 heteroatoms. The highest BCUT2D eigenvalue weighted by atomic mass is 14.5. The minimum absolute atomic E-state index is 0.476. The van der Waals surface area contributed by atoms with E-state index in [4.69, 9.17) is 5.73 Å². The van der Waals surface area contributed by atoms with E-state index in [0.29, 0.717) is 11.3 Å². The van der Waals surface area contributed by atoms with Crippen LogP contribution >= 0.6 is 0 Å². The van der Waals surface area contributed by atoms with E-state index in [1.165, 1.54) is 36.8 Å². The van der Waals surface area contributed by atoms with Crippen molar-refractivity contribution in [1.82, 2.24) is 0 Å². The van der Waals surface area contributed by atoms with E-state index in [1.807, 2.05) is 0 Å². The maximum absolute atomic E-state index is 5.71. The van der Waals surface area contributed by atoms with Gasteiger partial charge in [0.15, 0.2) is 0 Å². The fourth-order valence-corrected chi connectivity index (χ4v) is 2.97. The van der Waals surface area contributed by atoms with Gasteiger partial charge in [-0.15, -0.1) is 0 Å². The van der Waals surface area contributed by atoms with Crippen molar-refractivity contribution in [3.05, 3.63) is 35.4 Å². The molecule has 0 saturated heterocycles. The van der Waals surface area contributed by atoms with E-state index in [1.54, 1.807) is 0 Å². The highest BCUT2D eigenvalue weighted by molar-refractivity contribution is 5.28. The highest BCUT2D eigenvalue weighted by Gasteiger charge is 2.27. The molecule has 0 spiro atoms. The summed E-state index contributed by atoms with van der Waals surface area (Å²) in [4.78, 5) is 0. The van der Waals surface area contributed by atoms with Crippen molar-refractivity contribution in [2.45, 2.75) is 58.3 Å². The molecule has 0 heterocycles. The Bertz CT molecular complexity index is 367. The van der Waals surface area contributed by atoms with E-state index < -0.39 is 0 Å². The van der Waals surface area contributed by atoms with E-state index in [0.717, 1.165) is 12.5 Å². The van der Waals surface area contributed by atoms with Crippen molar-refractivity contribution in [1.29, 1.82) is 0 Å². The molecule has 1 saturated carbocycles. The van der Waals surface area contributed by atoms with Gasteiger partial charge in [0.05, 0.1) is 0 Å². The van der Waals surface area contributed by atoms with Crippen molar-refractivity contribution in [3.8, 4) is 0 Å². The second kappa shape index (κ2) is 5.44. The van der Waals surface area contributed by atoms with Crippen LogP contribution in [0.4, 0.5) is 0 Å². The van der Waals surface area contributed by atoms with Crippen LogP contribution in [-0.4, -0.2) is 6.54 Å². The largest absolute Gasteiger partial charge is 0.330 e. The normalized spacial score (nSPS) is 21.8. The van der Waals surface area contributed by atoms with Gasteiger partial charge in [-0.25, -0.2) is 0 Å². The Hall–Kier alpha value is -0.820. The maximum Gasteiger partial charge on any atom is -0.00109 e. The van der Waals surface area contributed by atoms with Gasteiger partial charge in [0.2, 0.25) is 0 Å². The smallest absolute Gasteiger partial charge is 0.00109 e. The molecule has 2 rings (SSSR count). The van der Waals surface area contributed by atoms with E-state index >= 15 is 0 Å². The summed E-state index contributed by atoms with van der Waals surface area (Å²) in [6.07, 6.45) is 5.41.